The van der Waals surface area contributed by atoms with Gasteiger partial charge in [0.1, 0.15) is 12.3 Å². The number of halogens is 2. The Morgan fingerprint density at radius 3 is 2.33 bits per heavy atom. The lowest BCUT2D eigenvalue weighted by molar-refractivity contribution is -0.114. The van der Waals surface area contributed by atoms with Crippen LogP contribution in [0.5, 0.6) is 5.75 Å². The molecule has 0 bridgehead atoms. The average molecular weight is 465 g/mol. The first-order chi connectivity index (χ1) is 14.3. The van der Waals surface area contributed by atoms with Crippen molar-refractivity contribution in [2.24, 2.45) is 0 Å². The summed E-state index contributed by atoms with van der Waals surface area (Å²) in [4.78, 5) is 12.8. The van der Waals surface area contributed by atoms with E-state index in [1.165, 1.54) is 19.2 Å². The normalized spacial score (nSPS) is 11.0. The van der Waals surface area contributed by atoms with Gasteiger partial charge in [0.15, 0.2) is 0 Å². The van der Waals surface area contributed by atoms with Crippen molar-refractivity contribution in [2.75, 3.05) is 23.3 Å². The van der Waals surface area contributed by atoms with Crippen LogP contribution in [0.3, 0.4) is 0 Å². The summed E-state index contributed by atoms with van der Waals surface area (Å²) in [6.07, 6.45) is 0. The molecule has 0 aromatic heterocycles. The lowest BCUT2D eigenvalue weighted by Crippen LogP contribution is -2.38. The summed E-state index contributed by atoms with van der Waals surface area (Å²) in [5, 5.41) is 3.05. The van der Waals surface area contributed by atoms with Crippen molar-refractivity contribution in [3.8, 4) is 5.75 Å². The molecule has 0 atom stereocenters. The quantitative estimate of drug-likeness (QED) is 0.542. The number of methoxy groups -OCH3 is 1. The molecule has 0 saturated carbocycles. The van der Waals surface area contributed by atoms with E-state index in [9.17, 15) is 13.2 Å². The summed E-state index contributed by atoms with van der Waals surface area (Å²) < 4.78 is 33.0. The molecular formula is C21H18Cl2N2O4S. The molecule has 0 aliphatic carbocycles. The number of hydrogen-bond acceptors (Lipinski definition) is 4. The van der Waals surface area contributed by atoms with Crippen LogP contribution < -0.4 is 14.4 Å². The summed E-state index contributed by atoms with van der Waals surface area (Å²) in [6.45, 7) is -0.500. The van der Waals surface area contributed by atoms with Crippen LogP contribution in [0.25, 0.3) is 0 Å². The van der Waals surface area contributed by atoms with Gasteiger partial charge in [0.25, 0.3) is 10.0 Å². The molecule has 3 rings (SSSR count). The number of carbonyl (C=O) groups excluding carboxylic acids is 1. The van der Waals surface area contributed by atoms with Crippen molar-refractivity contribution in [3.05, 3.63) is 82.8 Å². The maximum Gasteiger partial charge on any atom is 0.264 e. The first kappa shape index (κ1) is 22.0. The Bertz CT molecular complexity index is 1150. The molecule has 0 heterocycles. The highest BCUT2D eigenvalue weighted by atomic mass is 35.5. The van der Waals surface area contributed by atoms with E-state index in [0.29, 0.717) is 5.75 Å². The highest BCUT2D eigenvalue weighted by Crippen LogP contribution is 2.33. The minimum atomic E-state index is -4.06. The van der Waals surface area contributed by atoms with Crippen LogP contribution in [0.15, 0.2) is 77.7 Å². The highest BCUT2D eigenvalue weighted by molar-refractivity contribution is 7.92. The van der Waals surface area contributed by atoms with Gasteiger partial charge in [0, 0.05) is 0 Å². The monoisotopic (exact) mass is 464 g/mol. The van der Waals surface area contributed by atoms with Gasteiger partial charge in [-0.15, -0.1) is 0 Å². The fourth-order valence-electron chi connectivity index (χ4n) is 2.78. The van der Waals surface area contributed by atoms with Gasteiger partial charge in [-0.25, -0.2) is 8.42 Å². The lowest BCUT2D eigenvalue weighted by atomic mass is 10.3. The largest absolute Gasteiger partial charge is 0.495 e. The Hall–Kier alpha value is -2.74. The van der Waals surface area contributed by atoms with Crippen LogP contribution in [-0.4, -0.2) is 28.0 Å². The number of amides is 1. The van der Waals surface area contributed by atoms with E-state index in [-0.39, 0.29) is 26.3 Å². The number of benzene rings is 3. The summed E-state index contributed by atoms with van der Waals surface area (Å²) in [5.41, 5.74) is 0.516. The summed E-state index contributed by atoms with van der Waals surface area (Å²) in [7, 11) is -2.63. The zero-order valence-electron chi connectivity index (χ0n) is 15.9. The Morgan fingerprint density at radius 1 is 0.967 bits per heavy atom. The number of para-hydroxylation sites is 2. The van der Waals surface area contributed by atoms with Crippen LogP contribution in [0.4, 0.5) is 11.4 Å². The third kappa shape index (κ3) is 4.70. The molecule has 0 spiro atoms. The summed E-state index contributed by atoms with van der Waals surface area (Å²) in [5.74, 6) is -0.282. The third-order valence-electron chi connectivity index (χ3n) is 4.20. The van der Waals surface area contributed by atoms with Gasteiger partial charge < -0.3 is 10.1 Å². The van der Waals surface area contributed by atoms with Gasteiger partial charge in [0.05, 0.1) is 33.4 Å². The van der Waals surface area contributed by atoms with E-state index in [1.807, 2.05) is 0 Å². The molecule has 1 amide bonds. The SMILES string of the molecule is COc1ccccc1N(CC(=O)Nc1cccc(Cl)c1Cl)S(=O)(=O)c1ccccc1. The number of nitrogens with zero attached hydrogens (tertiary/aromatic N) is 1. The smallest absolute Gasteiger partial charge is 0.264 e. The van der Waals surface area contributed by atoms with Crippen molar-refractivity contribution in [1.82, 2.24) is 0 Å². The van der Waals surface area contributed by atoms with Crippen LogP contribution in [0, 0.1) is 0 Å². The van der Waals surface area contributed by atoms with Gasteiger partial charge in [-0.05, 0) is 36.4 Å². The second-order valence-corrected chi connectivity index (χ2v) is 8.79. The zero-order chi connectivity index (χ0) is 21.7. The maximum atomic E-state index is 13.4. The molecule has 156 valence electrons. The number of rotatable bonds is 7. The van der Waals surface area contributed by atoms with Gasteiger partial charge in [-0.3, -0.25) is 9.10 Å². The van der Waals surface area contributed by atoms with Crippen molar-refractivity contribution in [3.63, 3.8) is 0 Å². The van der Waals surface area contributed by atoms with Crippen LogP contribution in [0.1, 0.15) is 0 Å². The van der Waals surface area contributed by atoms with E-state index >= 15 is 0 Å². The average Bonchev–Trinajstić information content (AvgIpc) is 2.76. The minimum Gasteiger partial charge on any atom is -0.495 e. The van der Waals surface area contributed by atoms with Gasteiger partial charge >= 0.3 is 0 Å². The topological polar surface area (TPSA) is 75.7 Å². The first-order valence-corrected chi connectivity index (χ1v) is 11.0. The standard InChI is InChI=1S/C21H18Cl2N2O4S/c1-29-19-13-6-5-12-18(19)25(30(27,28)15-8-3-2-4-9-15)14-20(26)24-17-11-7-10-16(22)21(17)23/h2-13H,14H2,1H3,(H,24,26). The molecule has 1 N–H and O–H groups in total. The number of nitrogens with one attached hydrogen (secondary N) is 1. The molecule has 0 radical (unpaired) electrons. The van der Waals surface area contributed by atoms with Crippen molar-refractivity contribution in [1.29, 1.82) is 0 Å². The van der Waals surface area contributed by atoms with Crippen LogP contribution in [0.2, 0.25) is 10.0 Å². The second-order valence-electron chi connectivity index (χ2n) is 6.15. The van der Waals surface area contributed by atoms with Crippen molar-refractivity contribution >= 4 is 50.5 Å². The fourth-order valence-corrected chi connectivity index (χ4v) is 4.58. The molecular weight excluding hydrogens is 447 g/mol. The summed E-state index contributed by atoms with van der Waals surface area (Å²) in [6, 6.07) is 19.2. The number of carbonyl (C=O) groups is 1. The van der Waals surface area contributed by atoms with E-state index in [1.54, 1.807) is 60.7 Å². The molecule has 0 fully saturated rings. The Kier molecular flexibility index (Phi) is 6.87. The minimum absolute atomic E-state index is 0.0458. The van der Waals surface area contributed by atoms with E-state index in [4.69, 9.17) is 27.9 Å². The van der Waals surface area contributed by atoms with Crippen molar-refractivity contribution < 1.29 is 17.9 Å². The predicted octanol–water partition coefficient (Wildman–Crippen LogP) is 4.84. The van der Waals surface area contributed by atoms with Gasteiger partial charge in [-0.1, -0.05) is 59.6 Å². The molecule has 30 heavy (non-hydrogen) atoms. The summed E-state index contributed by atoms with van der Waals surface area (Å²) >= 11 is 12.1. The van der Waals surface area contributed by atoms with E-state index < -0.39 is 22.5 Å². The van der Waals surface area contributed by atoms with Crippen LogP contribution in [-0.2, 0) is 14.8 Å². The first-order valence-electron chi connectivity index (χ1n) is 8.79. The van der Waals surface area contributed by atoms with E-state index in [0.717, 1.165) is 4.31 Å². The molecule has 0 aliphatic rings. The third-order valence-corrected chi connectivity index (χ3v) is 6.79. The molecule has 0 unspecified atom stereocenters. The number of sulfonamides is 1. The number of ether oxygens (including phenoxy) is 1. The van der Waals surface area contributed by atoms with Crippen LogP contribution >= 0.6 is 23.2 Å². The second kappa shape index (κ2) is 9.38. The van der Waals surface area contributed by atoms with Crippen molar-refractivity contribution in [2.45, 2.75) is 4.90 Å². The molecule has 0 saturated heterocycles. The number of hydrogen-bond donors (Lipinski definition) is 1. The molecule has 3 aromatic carbocycles. The predicted molar refractivity (Wildman–Crippen MR) is 119 cm³/mol. The Balaban J connectivity index is 2.00. The molecule has 0 aliphatic heterocycles. The molecule has 6 nitrogen and oxygen atoms in total. The number of anilines is 2. The highest BCUT2D eigenvalue weighted by Gasteiger charge is 2.29. The van der Waals surface area contributed by atoms with Gasteiger partial charge in [-0.2, -0.15) is 0 Å². The Labute approximate surface area is 185 Å². The molecule has 9 heteroatoms. The molecule has 3 aromatic rings. The fraction of sp³-hybridized carbons (Fsp3) is 0.0952. The Morgan fingerprint density at radius 2 is 1.63 bits per heavy atom. The van der Waals surface area contributed by atoms with E-state index in [2.05, 4.69) is 5.32 Å². The zero-order valence-corrected chi connectivity index (χ0v) is 18.2. The lowest BCUT2D eigenvalue weighted by Gasteiger charge is -2.25. The van der Waals surface area contributed by atoms with Gasteiger partial charge in [0.2, 0.25) is 5.91 Å². The maximum absolute atomic E-state index is 13.4.